The van der Waals surface area contributed by atoms with Crippen LogP contribution in [0, 0.1) is 5.41 Å². The Balaban J connectivity index is 1.42. The minimum absolute atomic E-state index is 0.199. The standard InChI is InChI=1S/C26H33N5O2/c1-19-26(11-16-32-17-12-26)10-14-30(19)25-29-28-24(31(25)18-21-8-2-3-15-33-21)22-9-4-6-20-7-5-13-27-23(20)22/h4-7,9,13,19,21H,2-3,8,10-12,14-18H2,1H3. The molecule has 33 heavy (non-hydrogen) atoms. The quantitative estimate of drug-likeness (QED) is 0.588. The highest BCUT2D eigenvalue weighted by atomic mass is 16.5. The molecule has 2 aromatic heterocycles. The first-order chi connectivity index (χ1) is 16.3. The van der Waals surface area contributed by atoms with Crippen molar-refractivity contribution in [2.24, 2.45) is 5.41 Å². The smallest absolute Gasteiger partial charge is 0.227 e. The van der Waals surface area contributed by atoms with Crippen LogP contribution in [0.2, 0.25) is 0 Å². The van der Waals surface area contributed by atoms with Gasteiger partial charge in [-0.05, 0) is 63.0 Å². The van der Waals surface area contributed by atoms with E-state index in [-0.39, 0.29) is 6.10 Å². The average molecular weight is 448 g/mol. The molecule has 3 aliphatic heterocycles. The molecule has 2 atom stereocenters. The topological polar surface area (TPSA) is 65.3 Å². The maximum atomic E-state index is 6.16. The van der Waals surface area contributed by atoms with E-state index < -0.39 is 0 Å². The van der Waals surface area contributed by atoms with Crippen LogP contribution in [-0.2, 0) is 16.0 Å². The van der Waals surface area contributed by atoms with Gasteiger partial charge in [-0.2, -0.15) is 0 Å². The van der Waals surface area contributed by atoms with Crippen LogP contribution in [-0.4, -0.2) is 58.3 Å². The maximum absolute atomic E-state index is 6.16. The molecule has 0 saturated carbocycles. The monoisotopic (exact) mass is 447 g/mol. The highest BCUT2D eigenvalue weighted by Crippen LogP contribution is 2.46. The molecule has 3 saturated heterocycles. The van der Waals surface area contributed by atoms with E-state index in [1.807, 2.05) is 12.3 Å². The summed E-state index contributed by atoms with van der Waals surface area (Å²) in [6, 6.07) is 10.8. The number of para-hydroxylation sites is 1. The molecule has 7 heteroatoms. The highest BCUT2D eigenvalue weighted by molar-refractivity contribution is 5.91. The second-order valence-corrected chi connectivity index (χ2v) is 9.90. The van der Waals surface area contributed by atoms with Crippen molar-refractivity contribution in [3.05, 3.63) is 36.5 Å². The van der Waals surface area contributed by atoms with Crippen molar-refractivity contribution in [2.75, 3.05) is 31.3 Å². The molecular formula is C26H33N5O2. The summed E-state index contributed by atoms with van der Waals surface area (Å²) in [4.78, 5) is 7.18. The average Bonchev–Trinajstić information content (AvgIpc) is 3.40. The number of pyridine rings is 1. The molecule has 0 radical (unpaired) electrons. The predicted molar refractivity (Wildman–Crippen MR) is 128 cm³/mol. The first-order valence-electron chi connectivity index (χ1n) is 12.5. The Hall–Kier alpha value is -2.51. The predicted octanol–water partition coefficient (Wildman–Crippen LogP) is 4.46. The molecule has 3 fully saturated rings. The van der Waals surface area contributed by atoms with Gasteiger partial charge in [0.15, 0.2) is 5.82 Å². The van der Waals surface area contributed by atoms with Crippen LogP contribution in [0.4, 0.5) is 5.95 Å². The van der Waals surface area contributed by atoms with Gasteiger partial charge in [-0.1, -0.05) is 18.2 Å². The van der Waals surface area contributed by atoms with Crippen LogP contribution in [0.3, 0.4) is 0 Å². The zero-order valence-corrected chi connectivity index (χ0v) is 19.4. The lowest BCUT2D eigenvalue weighted by atomic mass is 9.74. The Morgan fingerprint density at radius 2 is 1.91 bits per heavy atom. The Kier molecular flexibility index (Phi) is 5.54. The molecule has 174 valence electrons. The molecule has 1 spiro atoms. The third-order valence-corrected chi connectivity index (χ3v) is 8.21. The second kappa shape index (κ2) is 8.69. The van der Waals surface area contributed by atoms with E-state index in [0.717, 1.165) is 86.8 Å². The molecular weight excluding hydrogens is 414 g/mol. The van der Waals surface area contributed by atoms with Gasteiger partial charge >= 0.3 is 0 Å². The number of hydrogen-bond acceptors (Lipinski definition) is 6. The fourth-order valence-electron chi connectivity index (χ4n) is 6.11. The Morgan fingerprint density at radius 1 is 1.03 bits per heavy atom. The van der Waals surface area contributed by atoms with Gasteiger partial charge in [0.1, 0.15) is 0 Å². The number of benzene rings is 1. The summed E-state index contributed by atoms with van der Waals surface area (Å²) in [7, 11) is 0. The lowest BCUT2D eigenvalue weighted by Gasteiger charge is -2.39. The van der Waals surface area contributed by atoms with Crippen molar-refractivity contribution in [3.8, 4) is 11.4 Å². The zero-order valence-electron chi connectivity index (χ0n) is 19.4. The SMILES string of the molecule is CC1N(c2nnc(-c3cccc4cccnc34)n2CC2CCCCO2)CCC12CCOCC2. The molecule has 1 aromatic carbocycles. The number of nitrogens with zero attached hydrogens (tertiary/aromatic N) is 5. The number of aromatic nitrogens is 4. The lowest BCUT2D eigenvalue weighted by Crippen LogP contribution is -2.42. The van der Waals surface area contributed by atoms with Crippen LogP contribution in [0.5, 0.6) is 0 Å². The van der Waals surface area contributed by atoms with Gasteiger partial charge in [0.25, 0.3) is 0 Å². The van der Waals surface area contributed by atoms with Crippen molar-refractivity contribution in [1.29, 1.82) is 0 Å². The maximum Gasteiger partial charge on any atom is 0.227 e. The molecule has 0 N–H and O–H groups in total. The Morgan fingerprint density at radius 3 is 2.76 bits per heavy atom. The first-order valence-corrected chi connectivity index (χ1v) is 12.5. The van der Waals surface area contributed by atoms with Gasteiger partial charge in [0, 0.05) is 49.6 Å². The minimum atomic E-state index is 0.199. The summed E-state index contributed by atoms with van der Waals surface area (Å²) in [5.41, 5.74) is 2.33. The largest absolute Gasteiger partial charge is 0.381 e. The van der Waals surface area contributed by atoms with Crippen molar-refractivity contribution in [2.45, 2.75) is 64.1 Å². The third kappa shape index (κ3) is 3.71. The fraction of sp³-hybridized carbons (Fsp3) is 0.577. The molecule has 3 aliphatic rings. The summed E-state index contributed by atoms with van der Waals surface area (Å²) < 4.78 is 14.2. The third-order valence-electron chi connectivity index (χ3n) is 8.21. The van der Waals surface area contributed by atoms with Gasteiger partial charge < -0.3 is 14.4 Å². The van der Waals surface area contributed by atoms with Crippen LogP contribution < -0.4 is 4.90 Å². The van der Waals surface area contributed by atoms with Gasteiger partial charge in [-0.25, -0.2) is 0 Å². The van der Waals surface area contributed by atoms with Crippen LogP contribution >= 0.6 is 0 Å². The van der Waals surface area contributed by atoms with Crippen LogP contribution in [0.15, 0.2) is 36.5 Å². The summed E-state index contributed by atoms with van der Waals surface area (Å²) in [6.45, 7) is 6.74. The number of anilines is 1. The zero-order chi connectivity index (χ0) is 22.3. The molecule has 0 amide bonds. The second-order valence-electron chi connectivity index (χ2n) is 9.90. The van der Waals surface area contributed by atoms with E-state index in [1.165, 1.54) is 12.8 Å². The summed E-state index contributed by atoms with van der Waals surface area (Å²) >= 11 is 0. The molecule has 6 rings (SSSR count). The molecule has 5 heterocycles. The van der Waals surface area contributed by atoms with Gasteiger partial charge in [-0.15, -0.1) is 10.2 Å². The Bertz CT molecular complexity index is 1110. The van der Waals surface area contributed by atoms with Gasteiger partial charge in [-0.3, -0.25) is 9.55 Å². The van der Waals surface area contributed by atoms with E-state index in [1.54, 1.807) is 0 Å². The molecule has 0 bridgehead atoms. The summed E-state index contributed by atoms with van der Waals surface area (Å²) in [5.74, 6) is 1.87. The minimum Gasteiger partial charge on any atom is -0.381 e. The lowest BCUT2D eigenvalue weighted by molar-refractivity contribution is 0.00605. The molecule has 3 aromatic rings. The van der Waals surface area contributed by atoms with Crippen molar-refractivity contribution < 1.29 is 9.47 Å². The number of hydrogen-bond donors (Lipinski definition) is 0. The molecule has 0 aliphatic carbocycles. The van der Waals surface area contributed by atoms with Crippen LogP contribution in [0.1, 0.15) is 45.4 Å². The number of ether oxygens (including phenoxy) is 2. The summed E-state index contributed by atoms with van der Waals surface area (Å²) in [6.07, 6.45) is 8.96. The molecule has 2 unspecified atom stereocenters. The van der Waals surface area contributed by atoms with Crippen molar-refractivity contribution >= 4 is 16.9 Å². The van der Waals surface area contributed by atoms with E-state index in [0.29, 0.717) is 11.5 Å². The number of rotatable bonds is 4. The normalized spacial score (nSPS) is 25.2. The fourth-order valence-corrected chi connectivity index (χ4v) is 6.11. The van der Waals surface area contributed by atoms with Crippen LogP contribution in [0.25, 0.3) is 22.3 Å². The van der Waals surface area contributed by atoms with Gasteiger partial charge in [0.05, 0.1) is 18.2 Å². The van der Waals surface area contributed by atoms with E-state index in [4.69, 9.17) is 24.7 Å². The highest BCUT2D eigenvalue weighted by Gasteiger charge is 2.47. The first kappa shape index (κ1) is 21.1. The summed E-state index contributed by atoms with van der Waals surface area (Å²) in [5, 5.41) is 10.7. The number of fused-ring (bicyclic) bond motifs is 1. The van der Waals surface area contributed by atoms with Crippen molar-refractivity contribution in [1.82, 2.24) is 19.7 Å². The van der Waals surface area contributed by atoms with E-state index in [9.17, 15) is 0 Å². The Labute approximate surface area is 195 Å². The van der Waals surface area contributed by atoms with Gasteiger partial charge in [0.2, 0.25) is 5.95 Å². The molecule has 7 nitrogen and oxygen atoms in total. The van der Waals surface area contributed by atoms with E-state index >= 15 is 0 Å². The van der Waals surface area contributed by atoms with E-state index in [2.05, 4.69) is 40.7 Å². The van der Waals surface area contributed by atoms with Crippen molar-refractivity contribution in [3.63, 3.8) is 0 Å².